The molecule has 0 saturated carbocycles. The Labute approximate surface area is 137 Å². The van der Waals surface area contributed by atoms with E-state index in [-0.39, 0.29) is 23.9 Å². The molecular weight excluding hydrogens is 292 g/mol. The lowest BCUT2D eigenvalue weighted by Crippen LogP contribution is -2.54. The van der Waals surface area contributed by atoms with Gasteiger partial charge in [0.05, 0.1) is 13.0 Å². The lowest BCUT2D eigenvalue weighted by atomic mass is 9.91. The normalized spacial score (nSPS) is 25.3. The number of piperidine rings is 1. The highest BCUT2D eigenvalue weighted by Gasteiger charge is 2.35. The van der Waals surface area contributed by atoms with Gasteiger partial charge in [-0.25, -0.2) is 0 Å². The first-order valence-electron chi connectivity index (χ1n) is 8.46. The van der Waals surface area contributed by atoms with Gasteiger partial charge in [0.1, 0.15) is 18.1 Å². The van der Waals surface area contributed by atoms with E-state index in [1.54, 1.807) is 7.11 Å². The molecule has 126 valence electrons. The Morgan fingerprint density at radius 1 is 1.43 bits per heavy atom. The molecule has 0 aliphatic carbocycles. The smallest absolute Gasteiger partial charge is 0.229 e. The third-order valence-corrected chi connectivity index (χ3v) is 4.96. The molecule has 0 radical (unpaired) electrons. The van der Waals surface area contributed by atoms with Crippen molar-refractivity contribution in [1.29, 1.82) is 0 Å². The predicted octanol–water partition coefficient (Wildman–Crippen LogP) is 1.97. The fourth-order valence-corrected chi connectivity index (χ4v) is 3.67. The predicted molar refractivity (Wildman–Crippen MR) is 88.7 cm³/mol. The molecule has 1 aromatic rings. The van der Waals surface area contributed by atoms with Crippen LogP contribution in [0.2, 0.25) is 0 Å². The summed E-state index contributed by atoms with van der Waals surface area (Å²) in [5.74, 6) is 1.71. The number of nitrogens with zero attached hydrogens (tertiary/aromatic N) is 1. The Kier molecular flexibility index (Phi) is 4.76. The lowest BCUT2D eigenvalue weighted by Gasteiger charge is -2.40. The number of hydrogen-bond acceptors (Lipinski definition) is 4. The number of ether oxygens (including phenoxy) is 2. The van der Waals surface area contributed by atoms with Gasteiger partial charge < -0.3 is 20.1 Å². The van der Waals surface area contributed by atoms with Gasteiger partial charge in [-0.2, -0.15) is 0 Å². The summed E-state index contributed by atoms with van der Waals surface area (Å²) in [5.41, 5.74) is 7.14. The van der Waals surface area contributed by atoms with Crippen LogP contribution in [0.5, 0.6) is 11.5 Å². The Hall–Kier alpha value is -1.75. The van der Waals surface area contributed by atoms with Gasteiger partial charge in [-0.3, -0.25) is 4.79 Å². The number of fused-ring (bicyclic) bond motifs is 1. The highest BCUT2D eigenvalue weighted by Crippen LogP contribution is 2.32. The molecule has 3 unspecified atom stereocenters. The van der Waals surface area contributed by atoms with Crippen LogP contribution < -0.4 is 15.2 Å². The molecule has 2 N–H and O–H groups in total. The monoisotopic (exact) mass is 318 g/mol. The fourth-order valence-electron chi connectivity index (χ4n) is 3.67. The number of benzene rings is 1. The van der Waals surface area contributed by atoms with E-state index in [9.17, 15) is 4.79 Å². The van der Waals surface area contributed by atoms with Gasteiger partial charge in [0.15, 0.2) is 0 Å². The van der Waals surface area contributed by atoms with Crippen LogP contribution in [-0.4, -0.2) is 43.2 Å². The van der Waals surface area contributed by atoms with E-state index in [1.165, 1.54) is 0 Å². The summed E-state index contributed by atoms with van der Waals surface area (Å²) < 4.78 is 11.1. The second kappa shape index (κ2) is 6.79. The van der Waals surface area contributed by atoms with E-state index in [4.69, 9.17) is 15.2 Å². The molecule has 1 aromatic carbocycles. The van der Waals surface area contributed by atoms with E-state index >= 15 is 0 Å². The lowest BCUT2D eigenvalue weighted by molar-refractivity contribution is -0.141. The third-order valence-electron chi connectivity index (χ3n) is 4.96. The second-order valence-electron chi connectivity index (χ2n) is 6.64. The number of rotatable bonds is 3. The summed E-state index contributed by atoms with van der Waals surface area (Å²) in [7, 11) is 1.65. The summed E-state index contributed by atoms with van der Waals surface area (Å²) in [6.45, 7) is 3.25. The Morgan fingerprint density at radius 2 is 2.26 bits per heavy atom. The van der Waals surface area contributed by atoms with Gasteiger partial charge in [0.2, 0.25) is 5.91 Å². The maximum absolute atomic E-state index is 13.0. The maximum Gasteiger partial charge on any atom is 0.229 e. The Morgan fingerprint density at radius 3 is 3.00 bits per heavy atom. The largest absolute Gasteiger partial charge is 0.497 e. The molecule has 0 aromatic heterocycles. The molecule has 5 heteroatoms. The number of carbonyl (C=O) groups excluding carboxylic acids is 1. The first-order valence-corrected chi connectivity index (χ1v) is 8.46. The number of methoxy groups -OCH3 is 1. The van der Waals surface area contributed by atoms with Crippen LogP contribution in [0.4, 0.5) is 0 Å². The van der Waals surface area contributed by atoms with Crippen molar-refractivity contribution in [2.45, 2.75) is 44.7 Å². The topological polar surface area (TPSA) is 64.8 Å². The number of nitrogens with two attached hydrogens (primary N) is 1. The molecule has 2 aliphatic rings. The zero-order valence-corrected chi connectivity index (χ0v) is 14.0. The van der Waals surface area contributed by atoms with E-state index in [1.807, 2.05) is 30.0 Å². The fraction of sp³-hybridized carbons (Fsp3) is 0.611. The van der Waals surface area contributed by atoms with Gasteiger partial charge in [0.25, 0.3) is 0 Å². The minimum atomic E-state index is -0.131. The zero-order valence-electron chi connectivity index (χ0n) is 14.0. The minimum absolute atomic E-state index is 0.0103. The van der Waals surface area contributed by atoms with Gasteiger partial charge in [-0.05, 0) is 56.4 Å². The molecule has 5 nitrogen and oxygen atoms in total. The van der Waals surface area contributed by atoms with Gasteiger partial charge in [0, 0.05) is 18.6 Å². The van der Waals surface area contributed by atoms with Crippen molar-refractivity contribution in [3.63, 3.8) is 0 Å². The quantitative estimate of drug-likeness (QED) is 0.925. The van der Waals surface area contributed by atoms with Gasteiger partial charge >= 0.3 is 0 Å². The van der Waals surface area contributed by atoms with E-state index < -0.39 is 0 Å². The minimum Gasteiger partial charge on any atom is -0.497 e. The number of likely N-dealkylation sites (tertiary alicyclic amines) is 1. The molecule has 1 amide bonds. The van der Waals surface area contributed by atoms with Crippen molar-refractivity contribution in [3.8, 4) is 11.5 Å². The summed E-state index contributed by atoms with van der Waals surface area (Å²) in [6.07, 6.45) is 3.92. The molecule has 2 heterocycles. The molecule has 0 bridgehead atoms. The average Bonchev–Trinajstić information content (AvgIpc) is 2.60. The molecule has 2 aliphatic heterocycles. The number of carbonyl (C=O) groups is 1. The van der Waals surface area contributed by atoms with E-state index in [2.05, 4.69) is 0 Å². The summed E-state index contributed by atoms with van der Waals surface area (Å²) in [6, 6.07) is 5.94. The molecule has 1 fully saturated rings. The van der Waals surface area contributed by atoms with Crippen molar-refractivity contribution >= 4 is 5.91 Å². The van der Waals surface area contributed by atoms with Gasteiger partial charge in [-0.1, -0.05) is 0 Å². The van der Waals surface area contributed by atoms with E-state index in [0.717, 1.165) is 42.9 Å². The number of hydrogen-bond donors (Lipinski definition) is 1. The first kappa shape index (κ1) is 16.1. The van der Waals surface area contributed by atoms with Crippen molar-refractivity contribution in [3.05, 3.63) is 23.8 Å². The third kappa shape index (κ3) is 3.29. The first-order chi connectivity index (χ1) is 11.1. The van der Waals surface area contributed by atoms with Crippen LogP contribution in [-0.2, 0) is 11.2 Å². The van der Waals surface area contributed by atoms with Crippen LogP contribution >= 0.6 is 0 Å². The van der Waals surface area contributed by atoms with Crippen molar-refractivity contribution in [2.75, 3.05) is 20.3 Å². The highest BCUT2D eigenvalue weighted by atomic mass is 16.5. The molecule has 1 saturated heterocycles. The molecule has 23 heavy (non-hydrogen) atoms. The van der Waals surface area contributed by atoms with Crippen molar-refractivity contribution in [1.82, 2.24) is 4.90 Å². The Bertz CT molecular complexity index is 573. The maximum atomic E-state index is 13.0. The molecule has 3 atom stereocenters. The Balaban J connectivity index is 1.75. The van der Waals surface area contributed by atoms with Gasteiger partial charge in [-0.15, -0.1) is 0 Å². The molecule has 3 rings (SSSR count). The van der Waals surface area contributed by atoms with Crippen molar-refractivity contribution in [2.24, 2.45) is 11.7 Å². The van der Waals surface area contributed by atoms with Crippen LogP contribution in [0, 0.1) is 5.92 Å². The summed E-state index contributed by atoms with van der Waals surface area (Å²) in [4.78, 5) is 15.0. The van der Waals surface area contributed by atoms with Crippen LogP contribution in [0.25, 0.3) is 0 Å². The van der Waals surface area contributed by atoms with E-state index in [0.29, 0.717) is 13.0 Å². The SMILES string of the molecule is COc1ccc2c(c1)CC(C(=O)N1CCCCC1C(C)N)CO2. The summed E-state index contributed by atoms with van der Waals surface area (Å²) >= 11 is 0. The summed E-state index contributed by atoms with van der Waals surface area (Å²) in [5, 5.41) is 0. The second-order valence-corrected chi connectivity index (χ2v) is 6.64. The highest BCUT2D eigenvalue weighted by molar-refractivity contribution is 5.80. The number of amides is 1. The van der Waals surface area contributed by atoms with Crippen LogP contribution in [0.15, 0.2) is 18.2 Å². The van der Waals surface area contributed by atoms with Crippen LogP contribution in [0.3, 0.4) is 0 Å². The standard InChI is InChI=1S/C18H26N2O3/c1-12(19)16-5-3-4-8-20(16)18(21)14-9-13-10-15(22-2)6-7-17(13)23-11-14/h6-7,10,12,14,16H,3-5,8-9,11,19H2,1-2H3. The zero-order chi connectivity index (χ0) is 16.4. The molecular formula is C18H26N2O3. The van der Waals surface area contributed by atoms with Crippen LogP contribution in [0.1, 0.15) is 31.7 Å². The van der Waals surface area contributed by atoms with Crippen molar-refractivity contribution < 1.29 is 14.3 Å². The molecule has 0 spiro atoms. The average molecular weight is 318 g/mol.